The molecule has 30 heavy (non-hydrogen) atoms. The van der Waals surface area contributed by atoms with Crippen LogP contribution in [-0.4, -0.2) is 51.0 Å². The van der Waals surface area contributed by atoms with E-state index >= 15 is 0 Å². The molecule has 1 saturated heterocycles. The van der Waals surface area contributed by atoms with Gasteiger partial charge in [0.25, 0.3) is 5.91 Å². The molecule has 1 amide bonds. The van der Waals surface area contributed by atoms with Crippen molar-refractivity contribution in [2.45, 2.75) is 26.4 Å². The van der Waals surface area contributed by atoms with Crippen LogP contribution in [0.4, 0.5) is 10.1 Å². The zero-order chi connectivity index (χ0) is 21.7. The molecule has 0 saturated carbocycles. The minimum absolute atomic E-state index is 0.00178. The highest BCUT2D eigenvalue weighted by atomic mass is 19.1. The third-order valence-corrected chi connectivity index (χ3v) is 5.85. The lowest BCUT2D eigenvalue weighted by molar-refractivity contribution is -1.02. The summed E-state index contributed by atoms with van der Waals surface area (Å²) in [6.45, 7) is 7.70. The SMILES string of the molecule is COc1ccc(F)cc1C[NH+]1CC[NH+]([C@H](C)C(=O)Nc2ccc(C(C)=O)cc2)CC1. The number of quaternary nitrogens is 2. The Morgan fingerprint density at radius 3 is 2.37 bits per heavy atom. The number of nitrogens with one attached hydrogen (secondary N) is 3. The Hall–Kier alpha value is -2.77. The molecule has 1 aliphatic heterocycles. The molecule has 1 aliphatic rings. The van der Waals surface area contributed by atoms with Crippen molar-refractivity contribution in [1.82, 2.24) is 0 Å². The molecule has 2 aromatic carbocycles. The smallest absolute Gasteiger partial charge is 0.282 e. The van der Waals surface area contributed by atoms with Crippen LogP contribution in [0.15, 0.2) is 42.5 Å². The molecule has 1 fully saturated rings. The van der Waals surface area contributed by atoms with Gasteiger partial charge in [-0.05, 0) is 56.3 Å². The quantitative estimate of drug-likeness (QED) is 0.572. The number of hydrogen-bond donors (Lipinski definition) is 3. The average Bonchev–Trinajstić information content (AvgIpc) is 2.74. The largest absolute Gasteiger partial charge is 0.496 e. The summed E-state index contributed by atoms with van der Waals surface area (Å²) >= 11 is 0. The molecule has 3 N–H and O–H groups in total. The second-order valence-corrected chi connectivity index (χ2v) is 7.89. The van der Waals surface area contributed by atoms with Gasteiger partial charge in [-0.1, -0.05) is 0 Å². The van der Waals surface area contributed by atoms with Gasteiger partial charge in [0.2, 0.25) is 0 Å². The summed E-state index contributed by atoms with van der Waals surface area (Å²) < 4.78 is 19.0. The van der Waals surface area contributed by atoms with Crippen molar-refractivity contribution >= 4 is 17.4 Å². The second kappa shape index (κ2) is 9.82. The predicted molar refractivity (Wildman–Crippen MR) is 113 cm³/mol. The maximum atomic E-state index is 13.6. The fourth-order valence-corrected chi connectivity index (χ4v) is 3.91. The first-order valence-corrected chi connectivity index (χ1v) is 10.3. The highest BCUT2D eigenvalue weighted by molar-refractivity contribution is 5.96. The Labute approximate surface area is 176 Å². The summed E-state index contributed by atoms with van der Waals surface area (Å²) in [6, 6.07) is 11.4. The lowest BCUT2D eigenvalue weighted by Crippen LogP contribution is -3.29. The van der Waals surface area contributed by atoms with Gasteiger partial charge < -0.3 is 19.9 Å². The standard InChI is InChI=1S/C23H28FN3O3/c1-16(23(29)25-21-7-4-18(5-8-21)17(2)28)27-12-10-26(11-13-27)15-19-14-20(24)6-9-22(19)30-3/h4-9,14,16H,10-13,15H2,1-3H3,(H,25,29)/p+2/t16-/m1/s1. The third kappa shape index (κ3) is 5.43. The Balaban J connectivity index is 1.52. The fourth-order valence-electron chi connectivity index (χ4n) is 3.91. The topological polar surface area (TPSA) is 64.3 Å². The van der Waals surface area contributed by atoms with E-state index in [4.69, 9.17) is 4.74 Å². The van der Waals surface area contributed by atoms with Crippen LogP contribution in [0.1, 0.15) is 29.8 Å². The number of carbonyl (C=O) groups excluding carboxylic acids is 2. The zero-order valence-corrected chi connectivity index (χ0v) is 17.8. The number of ketones is 1. The maximum Gasteiger partial charge on any atom is 0.282 e. The summed E-state index contributed by atoms with van der Waals surface area (Å²) in [5, 5.41) is 2.94. The monoisotopic (exact) mass is 415 g/mol. The van der Waals surface area contributed by atoms with Gasteiger partial charge >= 0.3 is 0 Å². The molecule has 0 aromatic heterocycles. The molecule has 3 rings (SSSR count). The molecule has 1 heterocycles. The van der Waals surface area contributed by atoms with E-state index in [9.17, 15) is 14.0 Å². The number of hydrogen-bond acceptors (Lipinski definition) is 3. The Morgan fingerprint density at radius 1 is 1.10 bits per heavy atom. The van der Waals surface area contributed by atoms with E-state index in [-0.39, 0.29) is 23.5 Å². The van der Waals surface area contributed by atoms with Crippen LogP contribution in [0, 0.1) is 5.82 Å². The van der Waals surface area contributed by atoms with E-state index in [2.05, 4.69) is 5.32 Å². The van der Waals surface area contributed by atoms with E-state index in [0.717, 1.165) is 31.7 Å². The second-order valence-electron chi connectivity index (χ2n) is 7.89. The molecular weight excluding hydrogens is 385 g/mol. The van der Waals surface area contributed by atoms with Gasteiger partial charge in [0.1, 0.15) is 44.3 Å². The number of methoxy groups -OCH3 is 1. The van der Waals surface area contributed by atoms with E-state index in [1.165, 1.54) is 22.8 Å². The Kier molecular flexibility index (Phi) is 7.18. The van der Waals surface area contributed by atoms with Gasteiger partial charge in [-0.25, -0.2) is 4.39 Å². The van der Waals surface area contributed by atoms with Gasteiger partial charge in [0.05, 0.1) is 12.7 Å². The normalized spacial score (nSPS) is 19.7. The van der Waals surface area contributed by atoms with Crippen molar-refractivity contribution in [3.63, 3.8) is 0 Å². The first-order valence-electron chi connectivity index (χ1n) is 10.3. The number of ether oxygens (including phenoxy) is 1. The molecule has 0 spiro atoms. The summed E-state index contributed by atoms with van der Waals surface area (Å²) in [6.07, 6.45) is 0. The first-order chi connectivity index (χ1) is 14.4. The van der Waals surface area contributed by atoms with E-state index in [0.29, 0.717) is 23.5 Å². The van der Waals surface area contributed by atoms with Gasteiger partial charge in [0.15, 0.2) is 11.8 Å². The number of amides is 1. The average molecular weight is 416 g/mol. The zero-order valence-electron chi connectivity index (χ0n) is 17.8. The fraction of sp³-hybridized carbons (Fsp3) is 0.391. The van der Waals surface area contributed by atoms with Crippen LogP contribution in [0.5, 0.6) is 5.75 Å². The number of benzene rings is 2. The third-order valence-electron chi connectivity index (χ3n) is 5.85. The number of rotatable bonds is 7. The molecule has 0 unspecified atom stereocenters. The van der Waals surface area contributed by atoms with Gasteiger partial charge in [0, 0.05) is 11.3 Å². The summed E-state index contributed by atoms with van der Waals surface area (Å²) in [5.74, 6) is 0.427. The van der Waals surface area contributed by atoms with Gasteiger partial charge in [-0.2, -0.15) is 0 Å². The molecule has 0 bridgehead atoms. The van der Waals surface area contributed by atoms with Crippen molar-refractivity contribution < 1.29 is 28.5 Å². The maximum absolute atomic E-state index is 13.6. The van der Waals surface area contributed by atoms with Crippen LogP contribution in [0.25, 0.3) is 0 Å². The summed E-state index contributed by atoms with van der Waals surface area (Å²) in [7, 11) is 1.60. The minimum Gasteiger partial charge on any atom is -0.496 e. The molecule has 0 aliphatic carbocycles. The number of carbonyl (C=O) groups is 2. The molecule has 1 atom stereocenters. The van der Waals surface area contributed by atoms with Gasteiger partial charge in [-0.3, -0.25) is 9.59 Å². The minimum atomic E-state index is -0.254. The van der Waals surface area contributed by atoms with E-state index in [1.807, 2.05) is 6.92 Å². The van der Waals surface area contributed by atoms with E-state index in [1.54, 1.807) is 43.5 Å². The Morgan fingerprint density at radius 2 is 1.77 bits per heavy atom. The predicted octanol–water partition coefficient (Wildman–Crippen LogP) is 0.348. The molecule has 160 valence electrons. The highest BCUT2D eigenvalue weighted by Gasteiger charge is 2.31. The van der Waals surface area contributed by atoms with E-state index < -0.39 is 0 Å². The van der Waals surface area contributed by atoms with Crippen molar-refractivity contribution in [1.29, 1.82) is 0 Å². The molecular formula is C23H30FN3O3+2. The van der Waals surface area contributed by atoms with Crippen LogP contribution in [-0.2, 0) is 11.3 Å². The van der Waals surface area contributed by atoms with Crippen molar-refractivity contribution in [3.05, 3.63) is 59.4 Å². The van der Waals surface area contributed by atoms with Crippen LogP contribution in [0.3, 0.4) is 0 Å². The number of piperazine rings is 1. The first kappa shape index (κ1) is 21.9. The lowest BCUT2D eigenvalue weighted by Gasteiger charge is -2.32. The molecule has 2 aromatic rings. The van der Waals surface area contributed by atoms with Crippen LogP contribution < -0.4 is 19.9 Å². The highest BCUT2D eigenvalue weighted by Crippen LogP contribution is 2.18. The lowest BCUT2D eigenvalue weighted by atomic mass is 10.1. The number of Topliss-reactive ketones (excluding diaryl/α,β-unsaturated/α-hetero) is 1. The van der Waals surface area contributed by atoms with Gasteiger partial charge in [-0.15, -0.1) is 0 Å². The van der Waals surface area contributed by atoms with Crippen LogP contribution >= 0.6 is 0 Å². The van der Waals surface area contributed by atoms with Crippen molar-refractivity contribution in [2.75, 3.05) is 38.6 Å². The number of anilines is 1. The van der Waals surface area contributed by atoms with Crippen molar-refractivity contribution in [2.24, 2.45) is 0 Å². The molecule has 7 heteroatoms. The Bertz CT molecular complexity index is 893. The number of halogens is 1. The summed E-state index contributed by atoms with van der Waals surface area (Å²) in [4.78, 5) is 26.6. The van der Waals surface area contributed by atoms with Crippen molar-refractivity contribution in [3.8, 4) is 5.75 Å². The molecule has 0 radical (unpaired) electrons. The summed E-state index contributed by atoms with van der Waals surface area (Å²) in [5.41, 5.74) is 2.19. The molecule has 6 nitrogen and oxygen atoms in total. The van der Waals surface area contributed by atoms with Crippen LogP contribution in [0.2, 0.25) is 0 Å².